The number of rotatable bonds is 5. The Kier molecular flexibility index (Phi) is 3.39. The maximum Gasteiger partial charge on any atom is 0.304 e. The topological polar surface area (TPSA) is 94.0 Å². The Bertz CT molecular complexity index is 259. The molecule has 1 aromatic rings. The molecule has 1 atom stereocenters. The van der Waals surface area contributed by atoms with Gasteiger partial charge in [-0.05, 0) is 6.42 Å². The lowest BCUT2D eigenvalue weighted by atomic mass is 10.1. The van der Waals surface area contributed by atoms with E-state index in [2.05, 4.69) is 10.1 Å². The zero-order valence-electron chi connectivity index (χ0n) is 7.13. The minimum absolute atomic E-state index is 0.00526. The van der Waals surface area contributed by atoms with E-state index in [0.717, 1.165) is 0 Å². The van der Waals surface area contributed by atoms with Crippen molar-refractivity contribution in [2.24, 2.45) is 5.73 Å². The van der Waals surface area contributed by atoms with Gasteiger partial charge < -0.3 is 10.8 Å². The van der Waals surface area contributed by atoms with Gasteiger partial charge in [-0.1, -0.05) is 0 Å². The highest BCUT2D eigenvalue weighted by atomic mass is 16.4. The van der Waals surface area contributed by atoms with Crippen molar-refractivity contribution >= 4 is 5.97 Å². The Balaban J connectivity index is 2.22. The van der Waals surface area contributed by atoms with Gasteiger partial charge in [0.2, 0.25) is 0 Å². The lowest BCUT2D eigenvalue weighted by molar-refractivity contribution is -0.137. The lowest BCUT2D eigenvalue weighted by Gasteiger charge is -2.07. The van der Waals surface area contributed by atoms with Gasteiger partial charge in [-0.25, -0.2) is 4.98 Å². The van der Waals surface area contributed by atoms with Crippen LogP contribution in [0.25, 0.3) is 0 Å². The minimum Gasteiger partial charge on any atom is -0.481 e. The smallest absolute Gasteiger partial charge is 0.304 e. The first-order valence-corrected chi connectivity index (χ1v) is 3.98. The first-order chi connectivity index (χ1) is 6.18. The molecule has 0 aliphatic carbocycles. The Morgan fingerprint density at radius 3 is 3.00 bits per heavy atom. The van der Waals surface area contributed by atoms with Crippen LogP contribution < -0.4 is 5.73 Å². The number of aliphatic carboxylic acids is 1. The molecule has 0 amide bonds. The van der Waals surface area contributed by atoms with E-state index in [4.69, 9.17) is 10.8 Å². The third-order valence-electron chi connectivity index (χ3n) is 1.63. The van der Waals surface area contributed by atoms with E-state index >= 15 is 0 Å². The molecule has 72 valence electrons. The predicted molar refractivity (Wildman–Crippen MR) is 44.9 cm³/mol. The standard InChI is InChI=1S/C7H12N4O2/c8-6(3-7(12)13)1-2-11-5-9-4-10-11/h4-6H,1-3,8H2,(H,12,13). The first kappa shape index (κ1) is 9.66. The van der Waals surface area contributed by atoms with E-state index in [9.17, 15) is 4.79 Å². The van der Waals surface area contributed by atoms with Crippen molar-refractivity contribution < 1.29 is 9.90 Å². The van der Waals surface area contributed by atoms with E-state index in [0.29, 0.717) is 13.0 Å². The molecule has 1 rings (SSSR count). The van der Waals surface area contributed by atoms with Gasteiger partial charge in [-0.3, -0.25) is 9.48 Å². The number of carboxylic acids is 1. The number of hydrogen-bond donors (Lipinski definition) is 2. The number of aromatic nitrogens is 3. The van der Waals surface area contributed by atoms with E-state index in [1.807, 2.05) is 0 Å². The van der Waals surface area contributed by atoms with Crippen LogP contribution in [0.3, 0.4) is 0 Å². The van der Waals surface area contributed by atoms with Gasteiger partial charge in [0.05, 0.1) is 6.42 Å². The predicted octanol–water partition coefficient (Wildman–Crippen LogP) is -0.530. The summed E-state index contributed by atoms with van der Waals surface area (Å²) in [5.41, 5.74) is 5.55. The molecule has 1 aromatic heterocycles. The number of hydrogen-bond acceptors (Lipinski definition) is 4. The zero-order chi connectivity index (χ0) is 9.68. The summed E-state index contributed by atoms with van der Waals surface area (Å²) in [5, 5.41) is 12.3. The highest BCUT2D eigenvalue weighted by molar-refractivity contribution is 5.67. The van der Waals surface area contributed by atoms with E-state index in [1.165, 1.54) is 6.33 Å². The quantitative estimate of drug-likeness (QED) is 0.641. The number of nitrogens with two attached hydrogens (primary N) is 1. The van der Waals surface area contributed by atoms with Crippen LogP contribution in [0.4, 0.5) is 0 Å². The molecular formula is C7H12N4O2. The fourth-order valence-corrected chi connectivity index (χ4v) is 0.973. The fraction of sp³-hybridized carbons (Fsp3) is 0.571. The SMILES string of the molecule is NC(CCn1cncn1)CC(=O)O. The molecule has 0 saturated carbocycles. The van der Waals surface area contributed by atoms with Crippen LogP contribution in [-0.4, -0.2) is 31.9 Å². The average molecular weight is 184 g/mol. The summed E-state index contributed by atoms with van der Waals surface area (Å²) >= 11 is 0. The second-order valence-corrected chi connectivity index (χ2v) is 2.81. The first-order valence-electron chi connectivity index (χ1n) is 3.98. The lowest BCUT2D eigenvalue weighted by Crippen LogP contribution is -2.25. The van der Waals surface area contributed by atoms with Crippen molar-refractivity contribution in [3.05, 3.63) is 12.7 Å². The van der Waals surface area contributed by atoms with Crippen LogP contribution in [0.1, 0.15) is 12.8 Å². The molecule has 6 nitrogen and oxygen atoms in total. The van der Waals surface area contributed by atoms with Crippen molar-refractivity contribution in [2.45, 2.75) is 25.4 Å². The summed E-state index contributed by atoms with van der Waals surface area (Å²) in [6.07, 6.45) is 3.60. The molecule has 0 radical (unpaired) electrons. The molecule has 13 heavy (non-hydrogen) atoms. The van der Waals surface area contributed by atoms with Gasteiger partial charge in [0.25, 0.3) is 0 Å². The van der Waals surface area contributed by atoms with Crippen LogP contribution in [0.5, 0.6) is 0 Å². The molecule has 0 aliphatic heterocycles. The summed E-state index contributed by atoms with van der Waals surface area (Å²) in [5.74, 6) is -0.869. The number of aryl methyl sites for hydroxylation is 1. The van der Waals surface area contributed by atoms with E-state index < -0.39 is 5.97 Å². The second kappa shape index (κ2) is 4.56. The Morgan fingerprint density at radius 2 is 2.46 bits per heavy atom. The highest BCUT2D eigenvalue weighted by Crippen LogP contribution is 1.96. The maximum atomic E-state index is 10.3. The summed E-state index contributed by atoms with van der Waals surface area (Å²) in [6.45, 7) is 0.606. The third kappa shape index (κ3) is 3.66. The number of carbonyl (C=O) groups is 1. The van der Waals surface area contributed by atoms with Crippen molar-refractivity contribution in [2.75, 3.05) is 0 Å². The summed E-state index contributed by atoms with van der Waals surface area (Å²) in [7, 11) is 0. The van der Waals surface area contributed by atoms with Crippen LogP contribution in [0.15, 0.2) is 12.7 Å². The molecule has 0 bridgehead atoms. The molecule has 0 saturated heterocycles. The normalized spacial score (nSPS) is 12.7. The van der Waals surface area contributed by atoms with Crippen molar-refractivity contribution in [1.82, 2.24) is 14.8 Å². The number of nitrogens with zero attached hydrogens (tertiary/aromatic N) is 3. The largest absolute Gasteiger partial charge is 0.481 e. The van der Waals surface area contributed by atoms with Crippen LogP contribution in [-0.2, 0) is 11.3 Å². The number of carboxylic acid groups (broad SMARTS) is 1. The molecule has 1 heterocycles. The molecule has 0 spiro atoms. The van der Waals surface area contributed by atoms with Crippen molar-refractivity contribution in [3.8, 4) is 0 Å². The molecule has 0 aliphatic rings. The Hall–Kier alpha value is -1.43. The van der Waals surface area contributed by atoms with Crippen molar-refractivity contribution in [3.63, 3.8) is 0 Å². The molecule has 0 fully saturated rings. The molecular weight excluding hydrogens is 172 g/mol. The van der Waals surface area contributed by atoms with E-state index in [-0.39, 0.29) is 12.5 Å². The van der Waals surface area contributed by atoms with Crippen molar-refractivity contribution in [1.29, 1.82) is 0 Å². The van der Waals surface area contributed by atoms with Gasteiger partial charge in [-0.15, -0.1) is 0 Å². The zero-order valence-corrected chi connectivity index (χ0v) is 7.13. The van der Waals surface area contributed by atoms with Gasteiger partial charge >= 0.3 is 5.97 Å². The maximum absolute atomic E-state index is 10.3. The summed E-state index contributed by atoms with van der Waals surface area (Å²) in [4.78, 5) is 14.0. The van der Waals surface area contributed by atoms with Gasteiger partial charge in [0, 0.05) is 12.6 Å². The van der Waals surface area contributed by atoms with Gasteiger partial charge in [0.15, 0.2) is 0 Å². The summed E-state index contributed by atoms with van der Waals surface area (Å²) in [6, 6.07) is -0.318. The fourth-order valence-electron chi connectivity index (χ4n) is 0.973. The van der Waals surface area contributed by atoms with E-state index in [1.54, 1.807) is 11.0 Å². The molecule has 6 heteroatoms. The van der Waals surface area contributed by atoms with Crippen LogP contribution >= 0.6 is 0 Å². The molecule has 1 unspecified atom stereocenters. The third-order valence-corrected chi connectivity index (χ3v) is 1.63. The van der Waals surface area contributed by atoms with Gasteiger partial charge in [-0.2, -0.15) is 5.10 Å². The minimum atomic E-state index is -0.869. The van der Waals surface area contributed by atoms with Gasteiger partial charge in [0.1, 0.15) is 12.7 Å². The Morgan fingerprint density at radius 1 is 1.69 bits per heavy atom. The average Bonchev–Trinajstić information content (AvgIpc) is 2.51. The highest BCUT2D eigenvalue weighted by Gasteiger charge is 2.07. The monoisotopic (exact) mass is 184 g/mol. The Labute approximate surface area is 75.4 Å². The molecule has 3 N–H and O–H groups in total. The molecule has 0 aromatic carbocycles. The second-order valence-electron chi connectivity index (χ2n) is 2.81. The summed E-state index contributed by atoms with van der Waals surface area (Å²) < 4.78 is 1.63. The van der Waals surface area contributed by atoms with Crippen LogP contribution in [0.2, 0.25) is 0 Å². The van der Waals surface area contributed by atoms with Crippen LogP contribution in [0, 0.1) is 0 Å².